The van der Waals surface area contributed by atoms with Crippen molar-refractivity contribution < 1.29 is 27.9 Å². The van der Waals surface area contributed by atoms with E-state index in [0.29, 0.717) is 19.4 Å². The van der Waals surface area contributed by atoms with E-state index in [0.717, 1.165) is 31.5 Å². The number of nitrogens with one attached hydrogen (secondary N) is 2. The molecule has 0 heterocycles. The first-order valence-electron chi connectivity index (χ1n) is 8.19. The average molecular weight is 365 g/mol. The molecule has 0 aromatic heterocycles. The number of ether oxygens (including phenoxy) is 2. The Morgan fingerprint density at radius 1 is 1.04 bits per heavy atom. The number of halogens is 3. The van der Waals surface area contributed by atoms with Crippen molar-refractivity contribution in [3.8, 4) is 11.5 Å². The van der Waals surface area contributed by atoms with Gasteiger partial charge in [-0.15, -0.1) is 0 Å². The highest BCUT2D eigenvalue weighted by atomic mass is 19.4. The first kappa shape index (κ1) is 21.3. The van der Waals surface area contributed by atoms with Crippen LogP contribution in [-0.4, -0.2) is 38.6 Å². The van der Waals surface area contributed by atoms with Crippen LogP contribution in [0.2, 0.25) is 0 Å². The number of unbranched alkanes of at least 4 members (excludes halogenated alkanes) is 2. The van der Waals surface area contributed by atoms with Crippen LogP contribution in [0.5, 0.6) is 11.5 Å². The van der Waals surface area contributed by atoms with E-state index >= 15 is 0 Å². The number of anilines is 1. The second-order valence-corrected chi connectivity index (χ2v) is 5.46. The lowest BCUT2D eigenvalue weighted by molar-refractivity contribution is -0.138. The molecule has 1 rings (SSSR count). The minimum atomic E-state index is -4.61. The Bertz CT molecular complexity index is 513. The van der Waals surface area contributed by atoms with Gasteiger partial charge in [-0.1, -0.05) is 0 Å². The first-order valence-corrected chi connectivity index (χ1v) is 8.19. The molecule has 0 bridgehead atoms. The summed E-state index contributed by atoms with van der Waals surface area (Å²) in [6.45, 7) is 1.70. The van der Waals surface area contributed by atoms with Gasteiger partial charge in [-0.05, 0) is 51.9 Å². The van der Waals surface area contributed by atoms with Gasteiger partial charge in [0.15, 0.2) is 0 Å². The third kappa shape index (κ3) is 7.37. The summed E-state index contributed by atoms with van der Waals surface area (Å²) in [4.78, 5) is 0. The van der Waals surface area contributed by atoms with Gasteiger partial charge in [0.05, 0.1) is 18.8 Å². The van der Waals surface area contributed by atoms with E-state index in [2.05, 4.69) is 5.32 Å². The van der Waals surface area contributed by atoms with E-state index in [1.807, 2.05) is 0 Å². The van der Waals surface area contributed by atoms with E-state index in [4.69, 9.17) is 20.4 Å². The van der Waals surface area contributed by atoms with Gasteiger partial charge in [-0.2, -0.15) is 13.2 Å². The molecule has 0 saturated carbocycles. The fraction of sp³-hybridized carbons (Fsp3) is 0.625. The number of benzene rings is 1. The van der Waals surface area contributed by atoms with Crippen molar-refractivity contribution in [3.63, 3.8) is 0 Å². The van der Waals surface area contributed by atoms with Crippen LogP contribution in [0.1, 0.15) is 31.2 Å². The van der Waals surface area contributed by atoms with Gasteiger partial charge < -0.3 is 20.5 Å². The molecule has 0 atom stereocenters. The van der Waals surface area contributed by atoms with Gasteiger partial charge >= 0.3 is 6.18 Å². The average Bonchev–Trinajstić information content (AvgIpc) is 2.57. The summed E-state index contributed by atoms with van der Waals surface area (Å²) in [5, 5.41) is 12.1. The molecule has 0 fully saturated rings. The number of nitrogens with two attached hydrogens (primary N) is 1. The monoisotopic (exact) mass is 365 g/mol. The van der Waals surface area contributed by atoms with Crippen molar-refractivity contribution >= 4 is 5.69 Å². The van der Waals surface area contributed by atoms with Crippen LogP contribution in [0.15, 0.2) is 12.1 Å². The van der Waals surface area contributed by atoms with Crippen molar-refractivity contribution in [1.29, 1.82) is 0 Å². The Balaban J connectivity index is 2.91. The molecule has 1 aromatic rings. The molecule has 0 aliphatic rings. The maximum atomic E-state index is 13.2. The zero-order chi connectivity index (χ0) is 18.7. The quantitative estimate of drug-likeness (QED) is 0.336. The smallest absolute Gasteiger partial charge is 0.420 e. The van der Waals surface area contributed by atoms with Crippen LogP contribution in [0.3, 0.4) is 0 Å². The van der Waals surface area contributed by atoms with E-state index in [1.165, 1.54) is 0 Å². The normalized spacial score (nSPS) is 11.4. The molecule has 0 saturated heterocycles. The predicted octanol–water partition coefficient (Wildman–Crippen LogP) is 3.00. The summed E-state index contributed by atoms with van der Waals surface area (Å²) in [7, 11) is 1.80. The molecule has 0 amide bonds. The maximum absolute atomic E-state index is 13.2. The number of rotatable bonds is 12. The van der Waals surface area contributed by atoms with Gasteiger partial charge in [0.2, 0.25) is 0 Å². The van der Waals surface area contributed by atoms with Crippen LogP contribution in [0, 0.1) is 0 Å². The Hall–Kier alpha value is -1.71. The SMILES string of the molecule is CNCCCCOc1cc(OCCCCN)c(NO)cc1C(F)(F)F. The standard InChI is InChI=1S/C16H26F3N3O3/c1-21-7-3-5-9-24-14-11-15(25-8-4-2-6-20)13(22-23)10-12(14)16(17,18)19/h10-11,21-23H,2-9,20H2,1H3. The molecule has 9 heteroatoms. The lowest BCUT2D eigenvalue weighted by atomic mass is 10.1. The third-order valence-electron chi connectivity index (χ3n) is 3.44. The third-order valence-corrected chi connectivity index (χ3v) is 3.44. The second-order valence-electron chi connectivity index (χ2n) is 5.46. The lowest BCUT2D eigenvalue weighted by Crippen LogP contribution is -2.13. The molecule has 1 aromatic carbocycles. The second kappa shape index (κ2) is 11.0. The molecule has 0 spiro atoms. The highest BCUT2D eigenvalue weighted by Crippen LogP contribution is 2.42. The summed E-state index contributed by atoms with van der Waals surface area (Å²) >= 11 is 0. The Morgan fingerprint density at radius 2 is 1.68 bits per heavy atom. The largest absolute Gasteiger partial charge is 0.493 e. The minimum Gasteiger partial charge on any atom is -0.493 e. The van der Waals surface area contributed by atoms with Crippen LogP contribution in [-0.2, 0) is 6.18 Å². The molecule has 0 aliphatic carbocycles. The molecule has 5 N–H and O–H groups in total. The van der Waals surface area contributed by atoms with Gasteiger partial charge in [0, 0.05) is 6.07 Å². The summed E-state index contributed by atoms with van der Waals surface area (Å²) in [6.07, 6.45) is -1.81. The van der Waals surface area contributed by atoms with Gasteiger partial charge in [-0.25, -0.2) is 0 Å². The van der Waals surface area contributed by atoms with Crippen LogP contribution < -0.4 is 26.0 Å². The Morgan fingerprint density at radius 3 is 2.24 bits per heavy atom. The molecule has 0 unspecified atom stereocenters. The topological polar surface area (TPSA) is 88.8 Å². The highest BCUT2D eigenvalue weighted by Gasteiger charge is 2.35. The van der Waals surface area contributed by atoms with Crippen molar-refractivity contribution in [2.45, 2.75) is 31.9 Å². The molecule has 0 aliphatic heterocycles. The fourth-order valence-corrected chi connectivity index (χ4v) is 2.12. The van der Waals surface area contributed by atoms with E-state index in [1.54, 1.807) is 12.5 Å². The predicted molar refractivity (Wildman–Crippen MR) is 89.3 cm³/mol. The number of alkyl halides is 3. The van der Waals surface area contributed by atoms with Gasteiger partial charge in [0.1, 0.15) is 17.2 Å². The van der Waals surface area contributed by atoms with Crippen LogP contribution in [0.25, 0.3) is 0 Å². The molecular formula is C16H26F3N3O3. The lowest BCUT2D eigenvalue weighted by Gasteiger charge is -2.18. The van der Waals surface area contributed by atoms with Gasteiger partial charge in [0.25, 0.3) is 0 Å². The van der Waals surface area contributed by atoms with Gasteiger partial charge in [-0.3, -0.25) is 10.7 Å². The molecular weight excluding hydrogens is 339 g/mol. The Labute approximate surface area is 145 Å². The molecule has 0 radical (unpaired) electrons. The fourth-order valence-electron chi connectivity index (χ4n) is 2.12. The minimum absolute atomic E-state index is 0.0951. The summed E-state index contributed by atoms with van der Waals surface area (Å²) in [6, 6.07) is 1.93. The summed E-state index contributed by atoms with van der Waals surface area (Å²) in [5.41, 5.74) is 6.00. The van der Waals surface area contributed by atoms with Crippen LogP contribution in [0.4, 0.5) is 18.9 Å². The van der Waals surface area contributed by atoms with Crippen molar-refractivity contribution in [2.75, 3.05) is 38.8 Å². The molecule has 6 nitrogen and oxygen atoms in total. The zero-order valence-electron chi connectivity index (χ0n) is 14.3. The van der Waals surface area contributed by atoms with E-state index < -0.39 is 11.7 Å². The summed E-state index contributed by atoms with van der Waals surface area (Å²) < 4.78 is 50.4. The Kier molecular flexibility index (Phi) is 9.40. The van der Waals surface area contributed by atoms with Crippen LogP contribution >= 0.6 is 0 Å². The molecule has 144 valence electrons. The van der Waals surface area contributed by atoms with Crippen molar-refractivity contribution in [3.05, 3.63) is 17.7 Å². The van der Waals surface area contributed by atoms with E-state index in [-0.39, 0.29) is 30.4 Å². The molecule has 25 heavy (non-hydrogen) atoms. The first-order chi connectivity index (χ1) is 11.9. The van der Waals surface area contributed by atoms with Crippen molar-refractivity contribution in [1.82, 2.24) is 5.32 Å². The number of hydrogen-bond acceptors (Lipinski definition) is 6. The highest BCUT2D eigenvalue weighted by molar-refractivity contribution is 5.61. The zero-order valence-corrected chi connectivity index (χ0v) is 14.3. The van der Waals surface area contributed by atoms with Crippen molar-refractivity contribution in [2.24, 2.45) is 5.73 Å². The maximum Gasteiger partial charge on any atom is 0.420 e. The van der Waals surface area contributed by atoms with E-state index in [9.17, 15) is 13.2 Å². The number of hydrogen-bond donors (Lipinski definition) is 4. The summed E-state index contributed by atoms with van der Waals surface area (Å²) in [5.74, 6) is -0.220.